The van der Waals surface area contributed by atoms with Crippen molar-refractivity contribution >= 4 is 5.69 Å². The molecule has 2 aromatic rings. The van der Waals surface area contributed by atoms with E-state index in [9.17, 15) is 0 Å². The summed E-state index contributed by atoms with van der Waals surface area (Å²) in [5, 5.41) is 8.81. The molecule has 3 heteroatoms. The molecule has 1 aromatic carbocycles. The van der Waals surface area contributed by atoms with Gasteiger partial charge in [-0.25, -0.2) is 0 Å². The summed E-state index contributed by atoms with van der Waals surface area (Å²) in [5.74, 6) is 0. The van der Waals surface area contributed by atoms with E-state index < -0.39 is 0 Å². The van der Waals surface area contributed by atoms with Crippen molar-refractivity contribution in [3.63, 3.8) is 0 Å². The van der Waals surface area contributed by atoms with Crippen molar-refractivity contribution in [1.82, 2.24) is 15.1 Å². The van der Waals surface area contributed by atoms with Crippen molar-refractivity contribution in [3.8, 4) is 0 Å². The molecule has 1 aromatic heterocycles. The first-order valence-corrected chi connectivity index (χ1v) is 4.69. The molecule has 0 amide bonds. The van der Waals surface area contributed by atoms with Crippen LogP contribution >= 0.6 is 0 Å². The second-order valence-electron chi connectivity index (χ2n) is 3.43. The number of rotatable bonds is 0. The molecule has 2 heterocycles. The number of benzene rings is 1. The van der Waals surface area contributed by atoms with Gasteiger partial charge in [0.05, 0.1) is 24.5 Å². The van der Waals surface area contributed by atoms with Gasteiger partial charge in [-0.1, -0.05) is 18.2 Å². The summed E-state index contributed by atoms with van der Waals surface area (Å²) in [6.45, 7) is 1.57. The normalized spacial score (nSPS) is 13.7. The Hall–Kier alpha value is -1.77. The van der Waals surface area contributed by atoms with Crippen molar-refractivity contribution in [1.29, 1.82) is 0 Å². The second-order valence-corrected chi connectivity index (χ2v) is 3.43. The minimum atomic E-state index is 0.733. The van der Waals surface area contributed by atoms with E-state index in [-0.39, 0.29) is 0 Å². The Labute approximate surface area is 82.4 Å². The number of hydrogen-bond donors (Lipinski definition) is 0. The van der Waals surface area contributed by atoms with Gasteiger partial charge >= 0.3 is 0 Å². The topological polar surface area (TPSA) is 31.9 Å². The standard InChI is InChI=1S/C11H10N3/c1-2-4-11-9(3-1)8-14-10(7-12-11)5-6-13-14/h1-6H,7-8H2. The quantitative estimate of drug-likeness (QED) is 0.613. The van der Waals surface area contributed by atoms with Crippen LogP contribution in [0.1, 0.15) is 11.3 Å². The van der Waals surface area contributed by atoms with E-state index >= 15 is 0 Å². The summed E-state index contributed by atoms with van der Waals surface area (Å²) in [6.07, 6.45) is 1.83. The van der Waals surface area contributed by atoms with Gasteiger partial charge in [0.25, 0.3) is 0 Å². The highest BCUT2D eigenvalue weighted by atomic mass is 15.3. The van der Waals surface area contributed by atoms with Crippen LogP contribution in [0.25, 0.3) is 0 Å². The summed E-state index contributed by atoms with van der Waals surface area (Å²) < 4.78 is 2.01. The summed E-state index contributed by atoms with van der Waals surface area (Å²) in [5.41, 5.74) is 3.52. The number of fused-ring (bicyclic) bond motifs is 2. The Morgan fingerprint density at radius 2 is 2.07 bits per heavy atom. The van der Waals surface area contributed by atoms with Gasteiger partial charge in [0.1, 0.15) is 0 Å². The van der Waals surface area contributed by atoms with Gasteiger partial charge in [-0.3, -0.25) is 10.00 Å². The summed E-state index contributed by atoms with van der Waals surface area (Å²) >= 11 is 0. The maximum atomic E-state index is 4.54. The highest BCUT2D eigenvalue weighted by molar-refractivity contribution is 5.45. The number of aromatic nitrogens is 2. The van der Waals surface area contributed by atoms with Crippen LogP contribution < -0.4 is 5.32 Å². The predicted octanol–water partition coefficient (Wildman–Crippen LogP) is 1.68. The summed E-state index contributed by atoms with van der Waals surface area (Å²) in [6, 6.07) is 10.3. The Bertz CT molecular complexity index is 459. The third-order valence-electron chi connectivity index (χ3n) is 2.53. The van der Waals surface area contributed by atoms with Crippen LogP contribution in [0, 0.1) is 0 Å². The van der Waals surface area contributed by atoms with Gasteiger partial charge in [-0.15, -0.1) is 0 Å². The van der Waals surface area contributed by atoms with Crippen LogP contribution in [-0.4, -0.2) is 9.78 Å². The Morgan fingerprint density at radius 1 is 1.14 bits per heavy atom. The lowest BCUT2D eigenvalue weighted by Crippen LogP contribution is -2.03. The van der Waals surface area contributed by atoms with Gasteiger partial charge in [0.2, 0.25) is 0 Å². The van der Waals surface area contributed by atoms with Crippen LogP contribution in [0.4, 0.5) is 5.69 Å². The summed E-state index contributed by atoms with van der Waals surface area (Å²) in [7, 11) is 0. The van der Waals surface area contributed by atoms with Crippen molar-refractivity contribution in [3.05, 3.63) is 47.8 Å². The number of nitrogens with zero attached hydrogens (tertiary/aromatic N) is 3. The first kappa shape index (κ1) is 7.62. The van der Waals surface area contributed by atoms with E-state index in [1.54, 1.807) is 0 Å². The highest BCUT2D eigenvalue weighted by Gasteiger charge is 2.12. The fourth-order valence-corrected chi connectivity index (χ4v) is 1.76. The fourth-order valence-electron chi connectivity index (χ4n) is 1.76. The van der Waals surface area contributed by atoms with E-state index in [1.807, 2.05) is 29.1 Å². The molecule has 3 nitrogen and oxygen atoms in total. The third-order valence-corrected chi connectivity index (χ3v) is 2.53. The van der Waals surface area contributed by atoms with E-state index in [1.165, 1.54) is 11.3 Å². The molecule has 0 aliphatic carbocycles. The maximum absolute atomic E-state index is 4.54. The highest BCUT2D eigenvalue weighted by Crippen LogP contribution is 2.21. The largest absolute Gasteiger partial charge is 0.279 e. The molecule has 1 aliphatic rings. The van der Waals surface area contributed by atoms with E-state index in [4.69, 9.17) is 0 Å². The Kier molecular flexibility index (Phi) is 1.56. The lowest BCUT2D eigenvalue weighted by Gasteiger charge is -2.03. The van der Waals surface area contributed by atoms with Crippen molar-refractivity contribution in [2.45, 2.75) is 13.1 Å². The number of hydrogen-bond acceptors (Lipinski definition) is 1. The van der Waals surface area contributed by atoms with Crippen LogP contribution in [-0.2, 0) is 13.1 Å². The molecule has 0 atom stereocenters. The van der Waals surface area contributed by atoms with Crippen LogP contribution in [0.15, 0.2) is 36.5 Å². The molecule has 0 fully saturated rings. The summed E-state index contributed by atoms with van der Waals surface area (Å²) in [4.78, 5) is 0. The Balaban J connectivity index is 2.10. The van der Waals surface area contributed by atoms with Gasteiger partial charge in [0.15, 0.2) is 0 Å². The van der Waals surface area contributed by atoms with Crippen LogP contribution in [0.5, 0.6) is 0 Å². The fraction of sp³-hybridized carbons (Fsp3) is 0.182. The minimum absolute atomic E-state index is 0.733. The molecule has 0 saturated heterocycles. The predicted molar refractivity (Wildman–Crippen MR) is 53.3 cm³/mol. The van der Waals surface area contributed by atoms with Gasteiger partial charge in [-0.2, -0.15) is 5.10 Å². The Morgan fingerprint density at radius 3 is 3.07 bits per heavy atom. The molecule has 1 radical (unpaired) electrons. The number of para-hydroxylation sites is 1. The van der Waals surface area contributed by atoms with E-state index in [0.717, 1.165) is 18.8 Å². The molecule has 0 unspecified atom stereocenters. The van der Waals surface area contributed by atoms with Gasteiger partial charge in [-0.05, 0) is 17.7 Å². The first-order valence-electron chi connectivity index (χ1n) is 4.69. The zero-order valence-electron chi connectivity index (χ0n) is 7.72. The lowest BCUT2D eigenvalue weighted by molar-refractivity contribution is 0.652. The first-order chi connectivity index (χ1) is 6.93. The van der Waals surface area contributed by atoms with Crippen molar-refractivity contribution in [2.75, 3.05) is 0 Å². The van der Waals surface area contributed by atoms with Crippen molar-refractivity contribution < 1.29 is 0 Å². The molecule has 3 rings (SSSR count). The smallest absolute Gasteiger partial charge is 0.0816 e. The second kappa shape index (κ2) is 2.87. The monoisotopic (exact) mass is 184 g/mol. The molecule has 14 heavy (non-hydrogen) atoms. The zero-order valence-corrected chi connectivity index (χ0v) is 7.72. The SMILES string of the molecule is c1ccc2c(c1)Cn1nccc1C[N]2. The minimum Gasteiger partial charge on any atom is -0.279 e. The molecule has 0 N–H and O–H groups in total. The maximum Gasteiger partial charge on any atom is 0.0816 e. The average Bonchev–Trinajstić information content (AvgIpc) is 2.58. The molecule has 69 valence electrons. The van der Waals surface area contributed by atoms with E-state index in [2.05, 4.69) is 22.5 Å². The molecule has 0 bridgehead atoms. The molecule has 0 saturated carbocycles. The zero-order chi connectivity index (χ0) is 9.38. The lowest BCUT2D eigenvalue weighted by atomic mass is 10.2. The van der Waals surface area contributed by atoms with E-state index in [0.29, 0.717) is 0 Å². The average molecular weight is 184 g/mol. The molecular formula is C11H10N3. The van der Waals surface area contributed by atoms with Crippen LogP contribution in [0.3, 0.4) is 0 Å². The van der Waals surface area contributed by atoms with Crippen molar-refractivity contribution in [2.24, 2.45) is 0 Å². The van der Waals surface area contributed by atoms with Gasteiger partial charge in [0, 0.05) is 6.20 Å². The molecular weight excluding hydrogens is 174 g/mol. The van der Waals surface area contributed by atoms with Crippen LogP contribution in [0.2, 0.25) is 0 Å². The molecule has 1 aliphatic heterocycles. The van der Waals surface area contributed by atoms with Gasteiger partial charge < -0.3 is 0 Å². The third kappa shape index (κ3) is 1.09. The molecule has 0 spiro atoms.